The van der Waals surface area contributed by atoms with Crippen LogP contribution in [-0.4, -0.2) is 31.8 Å². The number of rotatable bonds is 2. The molecule has 3 rings (SSSR count). The third-order valence-electron chi connectivity index (χ3n) is 6.47. The zero-order valence-corrected chi connectivity index (χ0v) is 21.7. The molecule has 0 aromatic heterocycles. The summed E-state index contributed by atoms with van der Waals surface area (Å²) in [5.41, 5.74) is 2.45. The molecule has 1 aliphatic heterocycles. The second kappa shape index (κ2) is 9.76. The fourth-order valence-corrected chi connectivity index (χ4v) is 10.7. The molecule has 26 heavy (non-hydrogen) atoms. The van der Waals surface area contributed by atoms with Crippen LogP contribution in [0.3, 0.4) is 0 Å². The van der Waals surface area contributed by atoms with Crippen LogP contribution in [-0.2, 0) is 21.7 Å². The summed E-state index contributed by atoms with van der Waals surface area (Å²) < 4.78 is 0. The first-order valence-corrected chi connectivity index (χ1v) is 12.3. The Kier molecular flexibility index (Phi) is 10.8. The zero-order chi connectivity index (χ0) is 16.3. The van der Waals surface area contributed by atoms with Gasteiger partial charge in [0.25, 0.3) is 0 Å². The molecule has 0 bridgehead atoms. The molecule has 0 amide bonds. The van der Waals surface area contributed by atoms with Gasteiger partial charge in [-0.2, -0.15) is 0 Å². The van der Waals surface area contributed by atoms with Gasteiger partial charge in [0.15, 0.2) is 0 Å². The van der Waals surface area contributed by atoms with Crippen molar-refractivity contribution in [3.8, 4) is 0 Å². The summed E-state index contributed by atoms with van der Waals surface area (Å²) in [5, 5.41) is 0. The standard InChI is InChI=1S/C19H35N2Si.3CH3.Ti/c1-13-12-16-14-10-8-9-11-15(14)18(17(16)21(13)5)22(6,7)20-19(2,3)4;;;;/h12,14-18H,8-11H2,1-7H3;3*1H3;/q4*-1;+4/t14?,15?,16-,17?,18?;;;;/m0..../s1. The molecular formula is C22H44N2SiTi. The Bertz CT molecular complexity index is 469. The van der Waals surface area contributed by atoms with E-state index in [0.29, 0.717) is 0 Å². The molecule has 0 spiro atoms. The number of fused-ring (bicyclic) bond motifs is 3. The molecule has 2 nitrogen and oxygen atoms in total. The average Bonchev–Trinajstić information content (AvgIpc) is 2.83. The van der Waals surface area contributed by atoms with Crippen molar-refractivity contribution >= 4 is 8.24 Å². The summed E-state index contributed by atoms with van der Waals surface area (Å²) in [6, 6.07) is 0.737. The molecule has 4 heteroatoms. The summed E-state index contributed by atoms with van der Waals surface area (Å²) in [7, 11) is 0.715. The average molecular weight is 413 g/mol. The van der Waals surface area contributed by atoms with E-state index in [0.717, 1.165) is 29.3 Å². The van der Waals surface area contributed by atoms with Gasteiger partial charge in [-0.15, -0.1) is 5.54 Å². The number of allylic oxidation sites excluding steroid dienone is 1. The summed E-state index contributed by atoms with van der Waals surface area (Å²) in [4.78, 5) is 8.03. The fraction of sp³-hybridized carbons (Fsp3) is 0.773. The molecule has 2 saturated carbocycles. The van der Waals surface area contributed by atoms with Crippen molar-refractivity contribution < 1.29 is 21.7 Å². The molecule has 0 N–H and O–H groups in total. The van der Waals surface area contributed by atoms with E-state index in [1.54, 1.807) is 0 Å². The Hall–Kier alpha value is 0.431. The van der Waals surface area contributed by atoms with Gasteiger partial charge >= 0.3 is 21.7 Å². The van der Waals surface area contributed by atoms with Crippen LogP contribution in [0.15, 0.2) is 11.8 Å². The smallest absolute Gasteiger partial charge is 0.660 e. The molecule has 1 heterocycles. The van der Waals surface area contributed by atoms with Crippen LogP contribution in [0, 0.1) is 40.0 Å². The summed E-state index contributed by atoms with van der Waals surface area (Å²) in [6.45, 7) is 14.2. The summed E-state index contributed by atoms with van der Waals surface area (Å²) in [6.07, 6.45) is 8.42. The molecule has 150 valence electrons. The minimum absolute atomic E-state index is 0. The van der Waals surface area contributed by atoms with Crippen LogP contribution in [0.2, 0.25) is 18.6 Å². The normalized spacial score (nSPS) is 32.8. The molecule has 0 radical (unpaired) electrons. The van der Waals surface area contributed by atoms with Crippen molar-refractivity contribution in [2.24, 2.45) is 17.8 Å². The van der Waals surface area contributed by atoms with Gasteiger partial charge in [0.05, 0.1) is 0 Å². The molecule has 0 saturated heterocycles. The van der Waals surface area contributed by atoms with Gasteiger partial charge in [-0.25, -0.2) is 0 Å². The van der Waals surface area contributed by atoms with Gasteiger partial charge in [-0.3, -0.25) is 0 Å². The van der Waals surface area contributed by atoms with Gasteiger partial charge < -0.3 is 32.2 Å². The quantitative estimate of drug-likeness (QED) is 0.363. The molecule has 5 atom stereocenters. The van der Waals surface area contributed by atoms with Crippen LogP contribution < -0.4 is 0 Å². The fourth-order valence-electron chi connectivity index (χ4n) is 6.09. The zero-order valence-electron chi connectivity index (χ0n) is 19.2. The van der Waals surface area contributed by atoms with E-state index in [1.807, 2.05) is 0 Å². The van der Waals surface area contributed by atoms with E-state index in [9.17, 15) is 0 Å². The predicted molar refractivity (Wildman–Crippen MR) is 118 cm³/mol. The van der Waals surface area contributed by atoms with Gasteiger partial charge in [-0.05, 0) is 30.7 Å². The van der Waals surface area contributed by atoms with Crippen molar-refractivity contribution in [2.45, 2.75) is 83.6 Å². The Balaban J connectivity index is 0. The third kappa shape index (κ3) is 5.07. The maximum atomic E-state index is 5.42. The van der Waals surface area contributed by atoms with Crippen molar-refractivity contribution in [1.29, 1.82) is 0 Å². The van der Waals surface area contributed by atoms with Gasteiger partial charge in [0.2, 0.25) is 0 Å². The molecule has 2 fully saturated rings. The molecule has 0 aromatic carbocycles. The van der Waals surface area contributed by atoms with E-state index >= 15 is 0 Å². The Morgan fingerprint density at radius 3 is 2.04 bits per heavy atom. The van der Waals surface area contributed by atoms with E-state index in [2.05, 4.69) is 58.8 Å². The van der Waals surface area contributed by atoms with E-state index in [4.69, 9.17) is 4.98 Å². The molecule has 0 aromatic rings. The van der Waals surface area contributed by atoms with Crippen LogP contribution in [0.25, 0.3) is 4.98 Å². The second-order valence-corrected chi connectivity index (χ2v) is 13.8. The molecule has 4 unspecified atom stereocenters. The first-order chi connectivity index (χ1) is 10.1. The minimum atomic E-state index is -1.62. The largest absolute Gasteiger partial charge is 4.00 e. The Morgan fingerprint density at radius 2 is 1.54 bits per heavy atom. The van der Waals surface area contributed by atoms with Crippen molar-refractivity contribution in [2.75, 3.05) is 7.05 Å². The van der Waals surface area contributed by atoms with Gasteiger partial charge in [0.1, 0.15) is 0 Å². The number of hydrogen-bond acceptors (Lipinski definition) is 1. The maximum absolute atomic E-state index is 5.42. The van der Waals surface area contributed by atoms with Crippen LogP contribution in [0.1, 0.15) is 53.4 Å². The third-order valence-corrected chi connectivity index (χ3v) is 10.1. The molecule has 2 aliphatic carbocycles. The van der Waals surface area contributed by atoms with Crippen LogP contribution in [0.5, 0.6) is 0 Å². The first kappa shape index (κ1) is 28.6. The molecular weight excluding hydrogens is 368 g/mol. The Labute approximate surface area is 181 Å². The van der Waals surface area contributed by atoms with Crippen molar-refractivity contribution in [3.63, 3.8) is 0 Å². The SMILES string of the molecule is CC1=C[C@H]2C3CCCCC3C([Si](C)(C)[N-]C(C)(C)C)C2N1C.[CH3-].[CH3-].[CH3-].[Ti+4]. The molecule has 3 aliphatic rings. The van der Waals surface area contributed by atoms with Crippen molar-refractivity contribution in [3.05, 3.63) is 39.0 Å². The summed E-state index contributed by atoms with van der Waals surface area (Å²) >= 11 is 0. The van der Waals surface area contributed by atoms with E-state index in [1.165, 1.54) is 31.4 Å². The van der Waals surface area contributed by atoms with Crippen LogP contribution >= 0.6 is 0 Å². The Morgan fingerprint density at radius 1 is 1.04 bits per heavy atom. The van der Waals surface area contributed by atoms with Crippen molar-refractivity contribution in [1.82, 2.24) is 4.90 Å². The second-order valence-electron chi connectivity index (χ2n) is 9.56. The minimum Gasteiger partial charge on any atom is -0.660 e. The van der Waals surface area contributed by atoms with Gasteiger partial charge in [-0.1, -0.05) is 67.4 Å². The number of hydrogen-bond donors (Lipinski definition) is 0. The van der Waals surface area contributed by atoms with E-state index in [-0.39, 0.29) is 49.5 Å². The first-order valence-electron chi connectivity index (χ1n) is 9.27. The van der Waals surface area contributed by atoms with E-state index < -0.39 is 8.24 Å². The monoisotopic (exact) mass is 412 g/mol. The summed E-state index contributed by atoms with van der Waals surface area (Å²) in [5.74, 6) is 2.68. The maximum Gasteiger partial charge on any atom is 4.00 e. The predicted octanol–water partition coefficient (Wildman–Crippen LogP) is 6.74. The van der Waals surface area contributed by atoms with Crippen LogP contribution in [0.4, 0.5) is 0 Å². The topological polar surface area (TPSA) is 17.3 Å². The van der Waals surface area contributed by atoms with Gasteiger partial charge in [0, 0.05) is 24.7 Å². The number of nitrogens with zero attached hydrogens (tertiary/aromatic N) is 2.